The molecule has 13 heteroatoms. The highest BCUT2D eigenvalue weighted by atomic mass is 19.4. The number of carbonyl (C=O) groups is 2. The standard InChI is InChI=1S/C19H24N4O4.C2HF3O2/c1-25-14-4-3-13(20-9-14)10-22-7-6-17-16(12-22)21-18(27-17)19(24)23-8-5-15(11-23)26-2;3-2(4,5)1(6)7/h3-4,9,15H,5-8,10-12H2,1-2H3;(H,6,7). The number of ether oxygens (including phenoxy) is 2. The topological polar surface area (TPSA) is 118 Å². The first-order valence-corrected chi connectivity index (χ1v) is 10.4. The molecule has 4 heterocycles. The predicted octanol–water partition coefficient (Wildman–Crippen LogP) is 2.13. The number of aromatic nitrogens is 2. The number of hydrogen-bond donors (Lipinski definition) is 1. The molecule has 4 rings (SSSR count). The Hall–Kier alpha value is -3.19. The first kappa shape index (κ1) is 25.4. The second kappa shape index (κ2) is 10.8. The van der Waals surface area contributed by atoms with E-state index in [-0.39, 0.29) is 17.9 Å². The summed E-state index contributed by atoms with van der Waals surface area (Å²) in [6.07, 6.45) is -1.66. The molecule has 1 fully saturated rings. The molecule has 10 nitrogen and oxygen atoms in total. The molecule has 1 amide bonds. The summed E-state index contributed by atoms with van der Waals surface area (Å²) in [4.78, 5) is 34.4. The van der Waals surface area contributed by atoms with E-state index in [1.54, 1.807) is 25.3 Å². The van der Waals surface area contributed by atoms with Gasteiger partial charge in [0.25, 0.3) is 5.89 Å². The molecular weight excluding hydrogens is 461 g/mol. The normalized spacial score (nSPS) is 18.1. The average Bonchev–Trinajstić information content (AvgIpc) is 3.46. The third kappa shape index (κ3) is 6.44. The Bertz CT molecular complexity index is 995. The van der Waals surface area contributed by atoms with Crippen molar-refractivity contribution in [3.63, 3.8) is 0 Å². The van der Waals surface area contributed by atoms with Crippen molar-refractivity contribution < 1.29 is 41.8 Å². The summed E-state index contributed by atoms with van der Waals surface area (Å²) < 4.78 is 48.0. The van der Waals surface area contributed by atoms with Crippen LogP contribution in [0.1, 0.15) is 34.3 Å². The van der Waals surface area contributed by atoms with Gasteiger partial charge in [0.05, 0.1) is 30.8 Å². The zero-order valence-electron chi connectivity index (χ0n) is 18.7. The molecule has 0 spiro atoms. The molecule has 0 bridgehead atoms. The van der Waals surface area contributed by atoms with Crippen LogP contribution in [-0.2, 0) is 29.0 Å². The summed E-state index contributed by atoms with van der Waals surface area (Å²) in [5.74, 6) is -1.14. The van der Waals surface area contributed by atoms with Crippen LogP contribution in [0.5, 0.6) is 5.75 Å². The van der Waals surface area contributed by atoms with Crippen molar-refractivity contribution in [2.45, 2.75) is 38.2 Å². The predicted molar refractivity (Wildman–Crippen MR) is 110 cm³/mol. The van der Waals surface area contributed by atoms with Crippen LogP contribution in [0.4, 0.5) is 13.2 Å². The number of carboxylic acid groups (broad SMARTS) is 1. The zero-order chi connectivity index (χ0) is 24.9. The lowest BCUT2D eigenvalue weighted by molar-refractivity contribution is -0.192. The fourth-order valence-electron chi connectivity index (χ4n) is 3.57. The van der Waals surface area contributed by atoms with E-state index in [4.69, 9.17) is 23.8 Å². The lowest BCUT2D eigenvalue weighted by atomic mass is 10.1. The maximum Gasteiger partial charge on any atom is 0.490 e. The summed E-state index contributed by atoms with van der Waals surface area (Å²) in [6.45, 7) is 3.50. The molecule has 0 aliphatic carbocycles. The van der Waals surface area contributed by atoms with Crippen molar-refractivity contribution in [1.82, 2.24) is 19.8 Å². The fraction of sp³-hybridized carbons (Fsp3) is 0.524. The van der Waals surface area contributed by atoms with E-state index in [2.05, 4.69) is 14.9 Å². The SMILES string of the molecule is COc1ccc(CN2CCc3oc(C(=O)N4CCC(OC)C4)nc3C2)nc1.O=C(O)C(F)(F)F. The van der Waals surface area contributed by atoms with Crippen LogP contribution in [0, 0.1) is 0 Å². The number of carboxylic acids is 1. The van der Waals surface area contributed by atoms with Gasteiger partial charge in [-0.3, -0.25) is 14.7 Å². The van der Waals surface area contributed by atoms with E-state index in [0.717, 1.165) is 48.8 Å². The number of alkyl halides is 3. The molecule has 1 saturated heterocycles. The molecule has 34 heavy (non-hydrogen) atoms. The number of amides is 1. The van der Waals surface area contributed by atoms with Crippen molar-refractivity contribution in [3.05, 3.63) is 41.4 Å². The van der Waals surface area contributed by atoms with Gasteiger partial charge >= 0.3 is 18.1 Å². The summed E-state index contributed by atoms with van der Waals surface area (Å²) >= 11 is 0. The second-order valence-electron chi connectivity index (χ2n) is 7.74. The van der Waals surface area contributed by atoms with Gasteiger partial charge < -0.3 is 23.9 Å². The third-order valence-corrected chi connectivity index (χ3v) is 5.42. The van der Waals surface area contributed by atoms with E-state index in [1.165, 1.54) is 0 Å². The van der Waals surface area contributed by atoms with E-state index < -0.39 is 12.1 Å². The molecule has 2 aliphatic heterocycles. The number of fused-ring (bicyclic) bond motifs is 1. The number of likely N-dealkylation sites (tertiary alicyclic amines) is 1. The minimum absolute atomic E-state index is 0.103. The van der Waals surface area contributed by atoms with Crippen molar-refractivity contribution in [1.29, 1.82) is 0 Å². The van der Waals surface area contributed by atoms with Crippen LogP contribution < -0.4 is 4.74 Å². The van der Waals surface area contributed by atoms with E-state index in [9.17, 15) is 18.0 Å². The zero-order valence-corrected chi connectivity index (χ0v) is 18.7. The Morgan fingerprint density at radius 1 is 1.26 bits per heavy atom. The molecule has 2 aromatic heterocycles. The van der Waals surface area contributed by atoms with Gasteiger partial charge in [-0.25, -0.2) is 9.78 Å². The van der Waals surface area contributed by atoms with Crippen LogP contribution >= 0.6 is 0 Å². The number of oxazole rings is 1. The molecule has 0 saturated carbocycles. The van der Waals surface area contributed by atoms with Gasteiger partial charge in [-0.1, -0.05) is 0 Å². The molecule has 1 N–H and O–H groups in total. The maximum absolute atomic E-state index is 12.6. The highest BCUT2D eigenvalue weighted by molar-refractivity contribution is 5.90. The molecule has 2 aliphatic rings. The Morgan fingerprint density at radius 2 is 2.00 bits per heavy atom. The molecule has 1 unspecified atom stereocenters. The Balaban J connectivity index is 0.000000406. The highest BCUT2D eigenvalue weighted by Crippen LogP contribution is 2.23. The first-order valence-electron chi connectivity index (χ1n) is 10.4. The summed E-state index contributed by atoms with van der Waals surface area (Å²) in [6, 6.07) is 3.87. The minimum atomic E-state index is -5.08. The number of methoxy groups -OCH3 is 2. The number of pyridine rings is 1. The molecule has 2 aromatic rings. The van der Waals surface area contributed by atoms with Gasteiger partial charge in [0.1, 0.15) is 11.5 Å². The van der Waals surface area contributed by atoms with Crippen LogP contribution in [-0.4, -0.2) is 82.9 Å². The molecule has 1 atom stereocenters. The summed E-state index contributed by atoms with van der Waals surface area (Å²) in [5, 5.41) is 7.12. The lowest BCUT2D eigenvalue weighted by Crippen LogP contribution is -2.30. The second-order valence-corrected chi connectivity index (χ2v) is 7.74. The Labute approximate surface area is 193 Å². The molecule has 0 radical (unpaired) electrons. The average molecular weight is 486 g/mol. The largest absolute Gasteiger partial charge is 0.495 e. The number of rotatable bonds is 5. The Kier molecular flexibility index (Phi) is 8.10. The van der Waals surface area contributed by atoms with Gasteiger partial charge in [0.2, 0.25) is 0 Å². The van der Waals surface area contributed by atoms with Crippen LogP contribution in [0.25, 0.3) is 0 Å². The summed E-state index contributed by atoms with van der Waals surface area (Å²) in [7, 11) is 3.30. The van der Waals surface area contributed by atoms with Gasteiger partial charge in [-0.15, -0.1) is 0 Å². The first-order chi connectivity index (χ1) is 16.1. The molecular formula is C21H25F3N4O6. The summed E-state index contributed by atoms with van der Waals surface area (Å²) in [5.41, 5.74) is 1.82. The van der Waals surface area contributed by atoms with Crippen molar-refractivity contribution >= 4 is 11.9 Å². The quantitative estimate of drug-likeness (QED) is 0.678. The van der Waals surface area contributed by atoms with Crippen molar-refractivity contribution in [2.24, 2.45) is 0 Å². The maximum atomic E-state index is 12.6. The number of halogens is 3. The number of hydrogen-bond acceptors (Lipinski definition) is 8. The van der Waals surface area contributed by atoms with Gasteiger partial charge in [0.15, 0.2) is 0 Å². The van der Waals surface area contributed by atoms with Crippen molar-refractivity contribution in [3.8, 4) is 5.75 Å². The van der Waals surface area contributed by atoms with Gasteiger partial charge in [-0.05, 0) is 18.6 Å². The van der Waals surface area contributed by atoms with E-state index in [0.29, 0.717) is 19.6 Å². The number of nitrogens with zero attached hydrogens (tertiary/aromatic N) is 4. The smallest absolute Gasteiger partial charge is 0.490 e. The molecule has 186 valence electrons. The van der Waals surface area contributed by atoms with E-state index >= 15 is 0 Å². The third-order valence-electron chi connectivity index (χ3n) is 5.42. The van der Waals surface area contributed by atoms with Crippen LogP contribution in [0.2, 0.25) is 0 Å². The highest BCUT2D eigenvalue weighted by Gasteiger charge is 2.38. The van der Waals surface area contributed by atoms with Crippen LogP contribution in [0.15, 0.2) is 22.7 Å². The van der Waals surface area contributed by atoms with Crippen molar-refractivity contribution in [2.75, 3.05) is 33.9 Å². The molecule has 0 aromatic carbocycles. The van der Waals surface area contributed by atoms with Crippen LogP contribution in [0.3, 0.4) is 0 Å². The Morgan fingerprint density at radius 3 is 2.56 bits per heavy atom. The van der Waals surface area contributed by atoms with Gasteiger partial charge in [0, 0.05) is 46.3 Å². The van der Waals surface area contributed by atoms with Gasteiger partial charge in [-0.2, -0.15) is 13.2 Å². The minimum Gasteiger partial charge on any atom is -0.495 e. The number of aliphatic carboxylic acids is 1. The number of carbonyl (C=O) groups excluding carboxylic acids is 1. The lowest BCUT2D eigenvalue weighted by Gasteiger charge is -2.24. The van der Waals surface area contributed by atoms with E-state index in [1.807, 2.05) is 12.1 Å². The fourth-order valence-corrected chi connectivity index (χ4v) is 3.57. The monoisotopic (exact) mass is 486 g/mol.